The Labute approximate surface area is 118 Å². The number of halogens is 2. The number of aryl methyl sites for hydroxylation is 2. The lowest BCUT2D eigenvalue weighted by atomic mass is 9.80. The van der Waals surface area contributed by atoms with Crippen molar-refractivity contribution in [2.75, 3.05) is 5.33 Å². The average molecular weight is 322 g/mol. The van der Waals surface area contributed by atoms with E-state index in [1.165, 1.54) is 5.69 Å². The molecule has 0 aliphatic rings. The molecule has 2 nitrogen and oxygen atoms in total. The molecule has 0 aromatic carbocycles. The highest BCUT2D eigenvalue weighted by molar-refractivity contribution is 9.09. The summed E-state index contributed by atoms with van der Waals surface area (Å²) in [5, 5.41) is 6.36. The van der Waals surface area contributed by atoms with E-state index >= 15 is 0 Å². The minimum atomic E-state index is 0.294. The number of nitrogens with zero attached hydrogens (tertiary/aromatic N) is 2. The highest BCUT2D eigenvalue weighted by Gasteiger charge is 2.28. The first-order chi connectivity index (χ1) is 8.03. The van der Waals surface area contributed by atoms with E-state index in [0.717, 1.165) is 41.7 Å². The van der Waals surface area contributed by atoms with E-state index in [1.54, 1.807) is 0 Å². The molecule has 0 saturated heterocycles. The molecule has 0 radical (unpaired) electrons. The second-order valence-corrected chi connectivity index (χ2v) is 5.64. The third-order valence-corrected chi connectivity index (χ3v) is 5.45. The molecule has 0 bridgehead atoms. The lowest BCUT2D eigenvalue weighted by molar-refractivity contribution is 0.299. The van der Waals surface area contributed by atoms with Crippen molar-refractivity contribution < 1.29 is 0 Å². The molecule has 1 rings (SSSR count). The predicted octanol–water partition coefficient (Wildman–Crippen LogP) is 4.38. The molecule has 0 spiro atoms. The molecule has 0 saturated carbocycles. The van der Waals surface area contributed by atoms with Gasteiger partial charge in [-0.25, -0.2) is 0 Å². The molecule has 0 fully saturated rings. The van der Waals surface area contributed by atoms with Gasteiger partial charge in [0.05, 0.1) is 16.4 Å². The van der Waals surface area contributed by atoms with E-state index in [2.05, 4.69) is 41.8 Å². The fourth-order valence-electron chi connectivity index (χ4n) is 2.10. The Bertz CT molecular complexity index is 361. The fourth-order valence-corrected chi connectivity index (χ4v) is 3.46. The van der Waals surface area contributed by atoms with E-state index in [9.17, 15) is 0 Å². The second kappa shape index (κ2) is 6.24. The SMILES string of the molecule is CCc1nn(C)c(CC(CC)(CC)CBr)c1Cl. The van der Waals surface area contributed by atoms with Crippen LogP contribution in [0.25, 0.3) is 0 Å². The maximum absolute atomic E-state index is 6.41. The van der Waals surface area contributed by atoms with Crippen LogP contribution in [0.5, 0.6) is 0 Å². The van der Waals surface area contributed by atoms with Crippen LogP contribution < -0.4 is 0 Å². The van der Waals surface area contributed by atoms with Crippen LogP contribution in [-0.4, -0.2) is 15.1 Å². The van der Waals surface area contributed by atoms with Crippen molar-refractivity contribution in [1.82, 2.24) is 9.78 Å². The molecule has 0 aliphatic heterocycles. The van der Waals surface area contributed by atoms with Gasteiger partial charge >= 0.3 is 0 Å². The third-order valence-electron chi connectivity index (χ3n) is 3.83. The molecule has 0 amide bonds. The normalized spacial score (nSPS) is 12.1. The zero-order valence-electron chi connectivity index (χ0n) is 11.2. The molecule has 0 atom stereocenters. The molecule has 1 aromatic heterocycles. The van der Waals surface area contributed by atoms with Gasteiger partial charge in [-0.15, -0.1) is 0 Å². The molecule has 0 unspecified atom stereocenters. The zero-order valence-corrected chi connectivity index (χ0v) is 13.5. The van der Waals surface area contributed by atoms with E-state index in [1.807, 2.05) is 11.7 Å². The van der Waals surface area contributed by atoms with Gasteiger partial charge in [0, 0.05) is 12.4 Å². The number of hydrogen-bond acceptors (Lipinski definition) is 1. The summed E-state index contributed by atoms with van der Waals surface area (Å²) in [7, 11) is 1.99. The lowest BCUT2D eigenvalue weighted by Gasteiger charge is -2.29. The first-order valence-electron chi connectivity index (χ1n) is 6.29. The molecular weight excluding hydrogens is 300 g/mol. The molecule has 1 heterocycles. The van der Waals surface area contributed by atoms with Gasteiger partial charge in [-0.3, -0.25) is 4.68 Å². The molecule has 4 heteroatoms. The van der Waals surface area contributed by atoms with Crippen LogP contribution in [0, 0.1) is 5.41 Å². The Hall–Kier alpha value is -0.0200. The first-order valence-corrected chi connectivity index (χ1v) is 7.79. The second-order valence-electron chi connectivity index (χ2n) is 4.70. The number of alkyl halides is 1. The molecule has 0 N–H and O–H groups in total. The molecule has 17 heavy (non-hydrogen) atoms. The summed E-state index contributed by atoms with van der Waals surface area (Å²) in [6, 6.07) is 0. The topological polar surface area (TPSA) is 17.8 Å². The van der Waals surface area contributed by atoms with Crippen molar-refractivity contribution in [3.8, 4) is 0 Å². The van der Waals surface area contributed by atoms with Crippen LogP contribution in [0.3, 0.4) is 0 Å². The van der Waals surface area contributed by atoms with Gasteiger partial charge in [0.15, 0.2) is 0 Å². The van der Waals surface area contributed by atoms with Gasteiger partial charge in [-0.2, -0.15) is 5.10 Å². The van der Waals surface area contributed by atoms with E-state index < -0.39 is 0 Å². The molecule has 98 valence electrons. The minimum absolute atomic E-state index is 0.294. The van der Waals surface area contributed by atoms with Crippen LogP contribution in [0.4, 0.5) is 0 Å². The van der Waals surface area contributed by atoms with Gasteiger partial charge in [0.1, 0.15) is 0 Å². The Morgan fingerprint density at radius 1 is 1.29 bits per heavy atom. The van der Waals surface area contributed by atoms with Gasteiger partial charge in [-0.1, -0.05) is 48.3 Å². The van der Waals surface area contributed by atoms with Crippen molar-refractivity contribution in [1.29, 1.82) is 0 Å². The highest BCUT2D eigenvalue weighted by Crippen LogP contribution is 2.35. The van der Waals surface area contributed by atoms with Crippen LogP contribution in [0.2, 0.25) is 5.02 Å². The summed E-state index contributed by atoms with van der Waals surface area (Å²) in [5.41, 5.74) is 2.48. The number of hydrogen-bond donors (Lipinski definition) is 0. The van der Waals surface area contributed by atoms with E-state index in [0.29, 0.717) is 5.41 Å². The predicted molar refractivity (Wildman–Crippen MR) is 78.1 cm³/mol. The summed E-state index contributed by atoms with van der Waals surface area (Å²) in [6.07, 6.45) is 4.19. The number of rotatable bonds is 6. The van der Waals surface area contributed by atoms with Crippen molar-refractivity contribution in [3.63, 3.8) is 0 Å². The van der Waals surface area contributed by atoms with Gasteiger partial charge in [0.2, 0.25) is 0 Å². The summed E-state index contributed by atoms with van der Waals surface area (Å²) in [5.74, 6) is 0. The fraction of sp³-hybridized carbons (Fsp3) is 0.769. The number of aromatic nitrogens is 2. The van der Waals surface area contributed by atoms with Crippen molar-refractivity contribution >= 4 is 27.5 Å². The van der Waals surface area contributed by atoms with Crippen LogP contribution in [-0.2, 0) is 19.9 Å². The highest BCUT2D eigenvalue weighted by atomic mass is 79.9. The zero-order chi connectivity index (χ0) is 13.1. The standard InChI is InChI=1S/C13H22BrClN2/c1-5-10-12(15)11(17(4)16-10)8-13(6-2,7-3)9-14/h5-9H2,1-4H3. The summed E-state index contributed by atoms with van der Waals surface area (Å²) in [4.78, 5) is 0. The molecular formula is C13H22BrClN2. The third kappa shape index (κ3) is 3.05. The van der Waals surface area contributed by atoms with E-state index in [4.69, 9.17) is 11.6 Å². The maximum Gasteiger partial charge on any atom is 0.0849 e. The minimum Gasteiger partial charge on any atom is -0.271 e. The van der Waals surface area contributed by atoms with Crippen LogP contribution >= 0.6 is 27.5 Å². The smallest absolute Gasteiger partial charge is 0.0849 e. The average Bonchev–Trinajstić information content (AvgIpc) is 2.62. The lowest BCUT2D eigenvalue weighted by Crippen LogP contribution is -2.25. The Morgan fingerprint density at radius 2 is 1.88 bits per heavy atom. The quantitative estimate of drug-likeness (QED) is 0.711. The Kier molecular flexibility index (Phi) is 5.52. The van der Waals surface area contributed by atoms with E-state index in [-0.39, 0.29) is 0 Å². The monoisotopic (exact) mass is 320 g/mol. The van der Waals surface area contributed by atoms with Crippen LogP contribution in [0.1, 0.15) is 45.0 Å². The van der Waals surface area contributed by atoms with Crippen molar-refractivity contribution in [2.24, 2.45) is 12.5 Å². The Morgan fingerprint density at radius 3 is 2.24 bits per heavy atom. The first kappa shape index (κ1) is 15.0. The maximum atomic E-state index is 6.41. The molecule has 0 aliphatic carbocycles. The largest absolute Gasteiger partial charge is 0.271 e. The van der Waals surface area contributed by atoms with Crippen LogP contribution in [0.15, 0.2) is 0 Å². The summed E-state index contributed by atoms with van der Waals surface area (Å²) in [6.45, 7) is 6.58. The van der Waals surface area contributed by atoms with Gasteiger partial charge < -0.3 is 0 Å². The van der Waals surface area contributed by atoms with Gasteiger partial charge in [0.25, 0.3) is 0 Å². The Balaban J connectivity index is 3.05. The van der Waals surface area contributed by atoms with Gasteiger partial charge in [-0.05, 0) is 31.1 Å². The van der Waals surface area contributed by atoms with Crippen molar-refractivity contribution in [3.05, 3.63) is 16.4 Å². The molecule has 1 aromatic rings. The van der Waals surface area contributed by atoms with Crippen molar-refractivity contribution in [2.45, 2.75) is 46.5 Å². The summed E-state index contributed by atoms with van der Waals surface area (Å²) >= 11 is 10.1. The summed E-state index contributed by atoms with van der Waals surface area (Å²) < 4.78 is 1.95.